The molecule has 15 heavy (non-hydrogen) atoms. The van der Waals surface area contributed by atoms with Crippen LogP contribution >= 0.6 is 0 Å². The van der Waals surface area contributed by atoms with E-state index in [9.17, 15) is 4.79 Å². The maximum Gasteiger partial charge on any atom is 0.160 e. The highest BCUT2D eigenvalue weighted by molar-refractivity contribution is 5.99. The third-order valence-corrected chi connectivity index (χ3v) is 2.28. The number of carbonyl (C=O) groups is 1. The van der Waals surface area contributed by atoms with E-state index >= 15 is 0 Å². The van der Waals surface area contributed by atoms with Crippen molar-refractivity contribution in [2.24, 2.45) is 0 Å². The van der Waals surface area contributed by atoms with E-state index in [1.165, 1.54) is 0 Å². The highest BCUT2D eigenvalue weighted by Crippen LogP contribution is 2.23. The van der Waals surface area contributed by atoms with Gasteiger partial charge in [-0.1, -0.05) is 42.5 Å². The van der Waals surface area contributed by atoms with Gasteiger partial charge in [-0.05, 0) is 31.9 Å². The summed E-state index contributed by atoms with van der Waals surface area (Å²) < 4.78 is 0. The molecule has 1 heteroatoms. The Hall–Kier alpha value is -1.63. The molecule has 78 valence electrons. The summed E-state index contributed by atoms with van der Waals surface area (Å²) in [5, 5.41) is 0. The molecular formula is C14H16O. The largest absolute Gasteiger partial charge is 0.294 e. The maximum atomic E-state index is 11.5. The Kier molecular flexibility index (Phi) is 3.62. The topological polar surface area (TPSA) is 17.1 Å². The van der Waals surface area contributed by atoms with Crippen LogP contribution in [-0.4, -0.2) is 5.78 Å². The molecule has 1 rings (SSSR count). The van der Waals surface area contributed by atoms with Crippen molar-refractivity contribution in [3.05, 3.63) is 47.5 Å². The van der Waals surface area contributed by atoms with Crippen LogP contribution < -0.4 is 0 Å². The second-order valence-electron chi connectivity index (χ2n) is 3.60. The number of carbonyl (C=O) groups excluding carboxylic acids is 1. The van der Waals surface area contributed by atoms with Gasteiger partial charge >= 0.3 is 0 Å². The van der Waals surface area contributed by atoms with E-state index in [1.54, 1.807) is 6.92 Å². The highest BCUT2D eigenvalue weighted by atomic mass is 16.1. The first kappa shape index (κ1) is 11.4. The van der Waals surface area contributed by atoms with Crippen molar-refractivity contribution in [3.63, 3.8) is 0 Å². The standard InChI is InChI=1S/C14H16O/c1-5-7-14-12(10(2)3)8-6-9-13(14)11(4)15/h5-9H,2H2,1,3-4H3/b7-5-. The molecule has 1 nitrogen and oxygen atoms in total. The zero-order valence-electron chi connectivity index (χ0n) is 9.50. The van der Waals surface area contributed by atoms with E-state index in [4.69, 9.17) is 0 Å². The third kappa shape index (κ3) is 2.44. The molecule has 1 aromatic carbocycles. The number of ketones is 1. The predicted molar refractivity (Wildman–Crippen MR) is 65.9 cm³/mol. The van der Waals surface area contributed by atoms with Crippen molar-refractivity contribution >= 4 is 17.4 Å². The molecular weight excluding hydrogens is 184 g/mol. The van der Waals surface area contributed by atoms with Gasteiger partial charge in [-0.25, -0.2) is 0 Å². The number of allylic oxidation sites excluding steroid dienone is 2. The van der Waals surface area contributed by atoms with E-state index in [0.717, 1.165) is 22.3 Å². The number of rotatable bonds is 3. The summed E-state index contributed by atoms with van der Waals surface area (Å²) in [6, 6.07) is 5.74. The fraction of sp³-hybridized carbons (Fsp3) is 0.214. The molecule has 0 aliphatic carbocycles. The van der Waals surface area contributed by atoms with Crippen LogP contribution in [0.25, 0.3) is 11.6 Å². The summed E-state index contributed by atoms with van der Waals surface area (Å²) >= 11 is 0. The Labute approximate surface area is 91.1 Å². The van der Waals surface area contributed by atoms with Gasteiger partial charge < -0.3 is 0 Å². The first-order chi connectivity index (χ1) is 7.07. The Morgan fingerprint density at radius 3 is 2.33 bits per heavy atom. The smallest absolute Gasteiger partial charge is 0.160 e. The molecule has 0 amide bonds. The summed E-state index contributed by atoms with van der Waals surface area (Å²) in [5.41, 5.74) is 3.75. The Balaban J connectivity index is 3.48. The van der Waals surface area contributed by atoms with E-state index in [1.807, 2.05) is 44.2 Å². The minimum atomic E-state index is 0.0891. The van der Waals surface area contributed by atoms with Crippen LogP contribution in [0, 0.1) is 0 Å². The predicted octanol–water partition coefficient (Wildman–Crippen LogP) is 3.96. The van der Waals surface area contributed by atoms with Gasteiger partial charge in [0.2, 0.25) is 0 Å². The van der Waals surface area contributed by atoms with Crippen molar-refractivity contribution in [2.75, 3.05) is 0 Å². The molecule has 0 aliphatic heterocycles. The van der Waals surface area contributed by atoms with E-state index < -0.39 is 0 Å². The average Bonchev–Trinajstić information content (AvgIpc) is 2.17. The molecule has 0 saturated heterocycles. The SMILES string of the molecule is C=C(C)c1cccc(C(C)=O)c1/C=C\C. The summed E-state index contributed by atoms with van der Waals surface area (Å²) in [5.74, 6) is 0.0891. The minimum absolute atomic E-state index is 0.0891. The van der Waals surface area contributed by atoms with Crippen LogP contribution in [0.4, 0.5) is 0 Å². The zero-order chi connectivity index (χ0) is 11.4. The van der Waals surface area contributed by atoms with Crippen LogP contribution in [0.3, 0.4) is 0 Å². The summed E-state index contributed by atoms with van der Waals surface area (Å²) in [6.45, 7) is 9.41. The number of hydrogen-bond acceptors (Lipinski definition) is 1. The molecule has 0 spiro atoms. The van der Waals surface area contributed by atoms with Gasteiger partial charge in [0.15, 0.2) is 5.78 Å². The lowest BCUT2D eigenvalue weighted by atomic mass is 9.95. The fourth-order valence-corrected chi connectivity index (χ4v) is 1.59. The summed E-state index contributed by atoms with van der Waals surface area (Å²) in [7, 11) is 0. The second kappa shape index (κ2) is 4.74. The monoisotopic (exact) mass is 200 g/mol. The normalized spacial score (nSPS) is 10.6. The number of benzene rings is 1. The van der Waals surface area contributed by atoms with Crippen LogP contribution in [0.1, 0.15) is 42.3 Å². The Morgan fingerprint density at radius 2 is 1.87 bits per heavy atom. The first-order valence-corrected chi connectivity index (χ1v) is 5.00. The minimum Gasteiger partial charge on any atom is -0.294 e. The van der Waals surface area contributed by atoms with Crippen LogP contribution in [0.15, 0.2) is 30.9 Å². The van der Waals surface area contributed by atoms with Crippen molar-refractivity contribution in [1.29, 1.82) is 0 Å². The van der Waals surface area contributed by atoms with Crippen LogP contribution in [0.2, 0.25) is 0 Å². The van der Waals surface area contributed by atoms with E-state index in [-0.39, 0.29) is 5.78 Å². The van der Waals surface area contributed by atoms with Gasteiger partial charge in [0.05, 0.1) is 0 Å². The quantitative estimate of drug-likeness (QED) is 0.675. The molecule has 0 saturated carbocycles. The van der Waals surface area contributed by atoms with Crippen molar-refractivity contribution in [1.82, 2.24) is 0 Å². The molecule has 0 aromatic heterocycles. The lowest BCUT2D eigenvalue weighted by Crippen LogP contribution is -1.98. The Morgan fingerprint density at radius 1 is 1.27 bits per heavy atom. The molecule has 0 N–H and O–H groups in total. The zero-order valence-corrected chi connectivity index (χ0v) is 9.50. The summed E-state index contributed by atoms with van der Waals surface area (Å²) in [4.78, 5) is 11.5. The van der Waals surface area contributed by atoms with E-state index in [2.05, 4.69) is 6.58 Å². The van der Waals surface area contributed by atoms with Crippen LogP contribution in [0.5, 0.6) is 0 Å². The lowest BCUT2D eigenvalue weighted by Gasteiger charge is -2.09. The van der Waals surface area contributed by atoms with Crippen LogP contribution in [-0.2, 0) is 0 Å². The van der Waals surface area contributed by atoms with Crippen molar-refractivity contribution in [3.8, 4) is 0 Å². The van der Waals surface area contributed by atoms with E-state index in [0.29, 0.717) is 0 Å². The van der Waals surface area contributed by atoms with Crippen molar-refractivity contribution < 1.29 is 4.79 Å². The highest BCUT2D eigenvalue weighted by Gasteiger charge is 2.09. The van der Waals surface area contributed by atoms with Gasteiger partial charge in [-0.3, -0.25) is 4.79 Å². The summed E-state index contributed by atoms with van der Waals surface area (Å²) in [6.07, 6.45) is 3.90. The second-order valence-corrected chi connectivity index (χ2v) is 3.60. The number of hydrogen-bond donors (Lipinski definition) is 0. The Bertz CT molecular complexity index is 393. The van der Waals surface area contributed by atoms with Gasteiger partial charge in [-0.2, -0.15) is 0 Å². The van der Waals surface area contributed by atoms with Gasteiger partial charge in [0.25, 0.3) is 0 Å². The first-order valence-electron chi connectivity index (χ1n) is 5.00. The molecule has 0 bridgehead atoms. The molecule has 0 unspecified atom stereocenters. The molecule has 0 fully saturated rings. The maximum absolute atomic E-state index is 11.5. The van der Waals surface area contributed by atoms with Crippen molar-refractivity contribution in [2.45, 2.75) is 20.8 Å². The number of Topliss-reactive ketones (excluding diaryl/α,β-unsaturated/α-hetero) is 1. The van der Waals surface area contributed by atoms with Gasteiger partial charge in [0.1, 0.15) is 0 Å². The van der Waals surface area contributed by atoms with Gasteiger partial charge in [0, 0.05) is 5.56 Å². The molecule has 0 atom stereocenters. The van der Waals surface area contributed by atoms with Gasteiger partial charge in [-0.15, -0.1) is 0 Å². The molecule has 1 aromatic rings. The molecule has 0 aliphatic rings. The lowest BCUT2D eigenvalue weighted by molar-refractivity contribution is 0.101. The molecule has 0 radical (unpaired) electrons. The fourth-order valence-electron chi connectivity index (χ4n) is 1.59. The third-order valence-electron chi connectivity index (χ3n) is 2.28. The average molecular weight is 200 g/mol. The molecule has 0 heterocycles.